The third-order valence-electron chi connectivity index (χ3n) is 4.51. The number of rotatable bonds is 4. The topological polar surface area (TPSA) is 64.9 Å². The fourth-order valence-electron chi connectivity index (χ4n) is 3.11. The first kappa shape index (κ1) is 16.7. The minimum atomic E-state index is -0.294. The van der Waals surface area contributed by atoms with Crippen LogP contribution in [-0.2, 0) is 11.8 Å². The van der Waals surface area contributed by atoms with Gasteiger partial charge in [0.15, 0.2) is 5.82 Å². The lowest BCUT2D eigenvalue weighted by Gasteiger charge is -2.23. The van der Waals surface area contributed by atoms with Crippen molar-refractivity contribution in [1.82, 2.24) is 19.5 Å². The van der Waals surface area contributed by atoms with Crippen molar-refractivity contribution in [1.29, 1.82) is 0 Å². The molecule has 7 heteroatoms. The highest BCUT2D eigenvalue weighted by molar-refractivity contribution is 5.78. The zero-order valence-corrected chi connectivity index (χ0v) is 14.5. The average Bonchev–Trinajstić information content (AvgIpc) is 3.08. The number of nitrogens with zero attached hydrogens (tertiary/aromatic N) is 4. The van der Waals surface area contributed by atoms with E-state index in [0.29, 0.717) is 17.5 Å². The van der Waals surface area contributed by atoms with E-state index in [0.717, 1.165) is 37.2 Å². The largest absolute Gasteiger partial charge is 0.381 e. The molecule has 0 unspecified atom stereocenters. The number of anilines is 1. The highest BCUT2D eigenvalue weighted by Gasteiger charge is 2.18. The van der Waals surface area contributed by atoms with Gasteiger partial charge < -0.3 is 14.6 Å². The smallest absolute Gasteiger partial charge is 0.223 e. The Morgan fingerprint density at radius 2 is 2.08 bits per heavy atom. The SMILES string of the molecule is Cn1ccnc1-c1nc(NC2CCOCC2)ncc1-c1cccc(F)c1. The number of hydrogen-bond donors (Lipinski definition) is 1. The molecular formula is C19H20FN5O. The normalized spacial score (nSPS) is 15.2. The number of ether oxygens (including phenoxy) is 1. The maximum absolute atomic E-state index is 13.7. The van der Waals surface area contributed by atoms with Crippen LogP contribution in [0.2, 0.25) is 0 Å². The van der Waals surface area contributed by atoms with Crippen LogP contribution >= 0.6 is 0 Å². The summed E-state index contributed by atoms with van der Waals surface area (Å²) in [5.41, 5.74) is 2.14. The van der Waals surface area contributed by atoms with Crippen LogP contribution in [0.1, 0.15) is 12.8 Å². The molecule has 0 spiro atoms. The van der Waals surface area contributed by atoms with E-state index in [-0.39, 0.29) is 11.9 Å². The second-order valence-electron chi connectivity index (χ2n) is 6.36. The predicted molar refractivity (Wildman–Crippen MR) is 97.1 cm³/mol. The predicted octanol–water partition coefficient (Wildman–Crippen LogP) is 3.27. The molecule has 3 aromatic rings. The van der Waals surface area contributed by atoms with Gasteiger partial charge in [-0.05, 0) is 30.5 Å². The Kier molecular flexibility index (Phi) is 4.62. The van der Waals surface area contributed by atoms with E-state index in [1.54, 1.807) is 18.5 Å². The molecule has 2 aromatic heterocycles. The summed E-state index contributed by atoms with van der Waals surface area (Å²) in [4.78, 5) is 13.6. The third kappa shape index (κ3) is 3.43. The molecule has 0 amide bonds. The molecule has 1 aromatic carbocycles. The average molecular weight is 353 g/mol. The molecule has 134 valence electrons. The second kappa shape index (κ2) is 7.21. The Bertz CT molecular complexity index is 904. The lowest BCUT2D eigenvalue weighted by molar-refractivity contribution is 0.0903. The van der Waals surface area contributed by atoms with Gasteiger partial charge in [-0.2, -0.15) is 0 Å². The van der Waals surface area contributed by atoms with Crippen molar-refractivity contribution in [3.8, 4) is 22.6 Å². The minimum absolute atomic E-state index is 0.290. The first-order valence-electron chi connectivity index (χ1n) is 8.65. The summed E-state index contributed by atoms with van der Waals surface area (Å²) in [5, 5.41) is 3.38. The van der Waals surface area contributed by atoms with E-state index in [2.05, 4.69) is 15.3 Å². The summed E-state index contributed by atoms with van der Waals surface area (Å²) < 4.78 is 21.0. The standard InChI is InChI=1S/C19H20FN5O/c1-25-8-7-21-18(25)17-16(13-3-2-4-14(20)11-13)12-22-19(24-17)23-15-5-9-26-10-6-15/h2-4,7-8,11-12,15H,5-6,9-10H2,1H3,(H,22,23,24). The molecule has 1 aliphatic heterocycles. The summed E-state index contributed by atoms with van der Waals surface area (Å²) in [6.07, 6.45) is 7.16. The number of benzene rings is 1. The van der Waals surface area contributed by atoms with Gasteiger partial charge in [-0.15, -0.1) is 0 Å². The van der Waals surface area contributed by atoms with Crippen LogP contribution in [0, 0.1) is 5.82 Å². The number of hydrogen-bond acceptors (Lipinski definition) is 5. The van der Waals surface area contributed by atoms with Gasteiger partial charge >= 0.3 is 0 Å². The summed E-state index contributed by atoms with van der Waals surface area (Å²) >= 11 is 0. The molecule has 4 rings (SSSR count). The summed E-state index contributed by atoms with van der Waals surface area (Å²) in [7, 11) is 1.91. The van der Waals surface area contributed by atoms with Gasteiger partial charge in [0.25, 0.3) is 0 Å². The van der Waals surface area contributed by atoms with E-state index in [1.165, 1.54) is 12.1 Å². The fraction of sp³-hybridized carbons (Fsp3) is 0.316. The molecule has 1 fully saturated rings. The first-order chi connectivity index (χ1) is 12.7. The monoisotopic (exact) mass is 353 g/mol. The zero-order chi connectivity index (χ0) is 17.9. The van der Waals surface area contributed by atoms with Gasteiger partial charge in [0.05, 0.1) is 0 Å². The molecule has 0 atom stereocenters. The van der Waals surface area contributed by atoms with Crippen molar-refractivity contribution in [2.24, 2.45) is 7.05 Å². The lowest BCUT2D eigenvalue weighted by Crippen LogP contribution is -2.28. The van der Waals surface area contributed by atoms with Crippen molar-refractivity contribution in [3.63, 3.8) is 0 Å². The molecule has 1 N–H and O–H groups in total. The Labute approximate surface area is 151 Å². The van der Waals surface area contributed by atoms with Crippen molar-refractivity contribution >= 4 is 5.95 Å². The van der Waals surface area contributed by atoms with Crippen molar-refractivity contribution < 1.29 is 9.13 Å². The highest BCUT2D eigenvalue weighted by Crippen LogP contribution is 2.30. The number of aryl methyl sites for hydroxylation is 1. The van der Waals surface area contributed by atoms with Crippen LogP contribution in [0.15, 0.2) is 42.9 Å². The van der Waals surface area contributed by atoms with Crippen LogP contribution in [0.3, 0.4) is 0 Å². The Morgan fingerprint density at radius 3 is 2.81 bits per heavy atom. The number of halogens is 1. The molecule has 1 saturated heterocycles. The van der Waals surface area contributed by atoms with Gasteiger partial charge in [-0.25, -0.2) is 19.3 Å². The van der Waals surface area contributed by atoms with E-state index in [4.69, 9.17) is 9.72 Å². The first-order valence-corrected chi connectivity index (χ1v) is 8.65. The third-order valence-corrected chi connectivity index (χ3v) is 4.51. The van der Waals surface area contributed by atoms with Crippen LogP contribution in [-0.4, -0.2) is 38.8 Å². The Morgan fingerprint density at radius 1 is 1.23 bits per heavy atom. The minimum Gasteiger partial charge on any atom is -0.381 e. The molecule has 0 aliphatic carbocycles. The van der Waals surface area contributed by atoms with E-state index >= 15 is 0 Å². The van der Waals surface area contributed by atoms with E-state index < -0.39 is 0 Å². The zero-order valence-electron chi connectivity index (χ0n) is 14.5. The van der Waals surface area contributed by atoms with E-state index in [1.807, 2.05) is 23.9 Å². The summed E-state index contributed by atoms with van der Waals surface area (Å²) in [5.74, 6) is 0.967. The maximum Gasteiger partial charge on any atom is 0.223 e. The van der Waals surface area contributed by atoms with Crippen molar-refractivity contribution in [2.75, 3.05) is 18.5 Å². The summed E-state index contributed by atoms with van der Waals surface area (Å²) in [6, 6.07) is 6.72. The van der Waals surface area contributed by atoms with Crippen LogP contribution in [0.25, 0.3) is 22.6 Å². The molecule has 26 heavy (non-hydrogen) atoms. The van der Waals surface area contributed by atoms with Crippen LogP contribution in [0.4, 0.5) is 10.3 Å². The van der Waals surface area contributed by atoms with Gasteiger partial charge in [-0.1, -0.05) is 12.1 Å². The summed E-state index contributed by atoms with van der Waals surface area (Å²) in [6.45, 7) is 1.48. The van der Waals surface area contributed by atoms with Gasteiger partial charge in [0.2, 0.25) is 5.95 Å². The van der Waals surface area contributed by atoms with Crippen LogP contribution < -0.4 is 5.32 Å². The molecule has 3 heterocycles. The quantitative estimate of drug-likeness (QED) is 0.780. The van der Waals surface area contributed by atoms with Gasteiger partial charge in [0.1, 0.15) is 11.5 Å². The highest BCUT2D eigenvalue weighted by atomic mass is 19.1. The van der Waals surface area contributed by atoms with Gasteiger partial charge in [-0.3, -0.25) is 0 Å². The van der Waals surface area contributed by atoms with Crippen molar-refractivity contribution in [3.05, 3.63) is 48.7 Å². The van der Waals surface area contributed by atoms with Crippen LogP contribution in [0.5, 0.6) is 0 Å². The molecule has 1 aliphatic rings. The molecule has 0 saturated carbocycles. The fourth-order valence-corrected chi connectivity index (χ4v) is 3.11. The molecule has 0 radical (unpaired) electrons. The van der Waals surface area contributed by atoms with Crippen molar-refractivity contribution in [2.45, 2.75) is 18.9 Å². The Balaban J connectivity index is 1.75. The van der Waals surface area contributed by atoms with E-state index in [9.17, 15) is 4.39 Å². The number of aromatic nitrogens is 4. The number of imidazole rings is 1. The molecule has 6 nitrogen and oxygen atoms in total. The lowest BCUT2D eigenvalue weighted by atomic mass is 10.1. The maximum atomic E-state index is 13.7. The molecule has 0 bridgehead atoms. The Hall–Kier alpha value is -2.80. The molecular weight excluding hydrogens is 333 g/mol. The van der Waals surface area contributed by atoms with Gasteiger partial charge in [0, 0.05) is 50.5 Å². The number of nitrogens with one attached hydrogen (secondary N) is 1. The second-order valence-corrected chi connectivity index (χ2v) is 6.36.